The number of ether oxygens (including phenoxy) is 1. The number of hydrazine groups is 1. The van der Waals surface area contributed by atoms with Crippen LogP contribution in [0.1, 0.15) is 15.9 Å². The molecule has 144 valence electrons. The molecule has 0 unspecified atom stereocenters. The van der Waals surface area contributed by atoms with E-state index < -0.39 is 21.6 Å². The molecule has 0 aromatic heterocycles. The van der Waals surface area contributed by atoms with Gasteiger partial charge in [0, 0.05) is 11.6 Å². The van der Waals surface area contributed by atoms with Crippen molar-refractivity contribution in [1.82, 2.24) is 0 Å². The summed E-state index contributed by atoms with van der Waals surface area (Å²) in [5.74, 6) is 4.79. The van der Waals surface area contributed by atoms with Crippen LogP contribution >= 0.6 is 0 Å². The SMILES string of the molecule is COc1cc(O)c(C(=O)c2ccccc2)cc1S(=O)(=O)N(N)c1ccccc1. The average Bonchev–Trinajstić information content (AvgIpc) is 2.73. The zero-order valence-corrected chi connectivity index (χ0v) is 15.8. The molecular formula is C20H18N2O5S. The van der Waals surface area contributed by atoms with Crippen molar-refractivity contribution in [3.63, 3.8) is 0 Å². The zero-order valence-electron chi connectivity index (χ0n) is 14.9. The molecule has 8 heteroatoms. The van der Waals surface area contributed by atoms with E-state index in [1.165, 1.54) is 19.2 Å². The summed E-state index contributed by atoms with van der Waals surface area (Å²) >= 11 is 0. The van der Waals surface area contributed by atoms with E-state index >= 15 is 0 Å². The molecule has 0 heterocycles. The van der Waals surface area contributed by atoms with E-state index in [-0.39, 0.29) is 21.9 Å². The van der Waals surface area contributed by atoms with Crippen LogP contribution in [0, 0.1) is 0 Å². The molecule has 3 rings (SSSR count). The molecule has 0 aliphatic carbocycles. The Labute approximate surface area is 162 Å². The molecule has 0 radical (unpaired) electrons. The molecule has 3 aromatic rings. The second kappa shape index (κ2) is 7.71. The van der Waals surface area contributed by atoms with Gasteiger partial charge in [-0.1, -0.05) is 48.5 Å². The maximum absolute atomic E-state index is 13.1. The molecule has 0 aliphatic heterocycles. The molecule has 3 aromatic carbocycles. The van der Waals surface area contributed by atoms with Crippen molar-refractivity contribution in [2.24, 2.45) is 5.84 Å². The van der Waals surface area contributed by atoms with Gasteiger partial charge in [-0.15, -0.1) is 0 Å². The van der Waals surface area contributed by atoms with E-state index in [0.717, 1.165) is 12.1 Å². The number of para-hydroxylation sites is 1. The van der Waals surface area contributed by atoms with Crippen molar-refractivity contribution in [2.75, 3.05) is 11.5 Å². The number of nitrogens with zero attached hydrogens (tertiary/aromatic N) is 1. The number of phenols is 1. The number of aromatic hydroxyl groups is 1. The summed E-state index contributed by atoms with van der Waals surface area (Å²) in [6.07, 6.45) is 0. The molecule has 0 saturated heterocycles. The Morgan fingerprint density at radius 2 is 1.57 bits per heavy atom. The number of benzene rings is 3. The highest BCUT2D eigenvalue weighted by Crippen LogP contribution is 2.34. The third kappa shape index (κ3) is 3.55. The van der Waals surface area contributed by atoms with Gasteiger partial charge in [-0.2, -0.15) is 8.42 Å². The summed E-state index contributed by atoms with van der Waals surface area (Å²) in [5.41, 5.74) is 0.361. The topological polar surface area (TPSA) is 110 Å². The second-order valence-corrected chi connectivity index (χ2v) is 7.64. The Balaban J connectivity index is 2.14. The molecule has 7 nitrogen and oxygen atoms in total. The molecule has 3 N–H and O–H groups in total. The van der Waals surface area contributed by atoms with Crippen LogP contribution in [-0.2, 0) is 10.0 Å². The summed E-state index contributed by atoms with van der Waals surface area (Å²) in [6.45, 7) is 0. The standard InChI is InChI=1S/C20H18N2O5S/c1-27-18-13-17(23)16(20(24)14-8-4-2-5-9-14)12-19(18)28(25,26)22(21)15-10-6-3-7-11-15/h2-13,23H,21H2,1H3. The van der Waals surface area contributed by atoms with Gasteiger partial charge in [0.1, 0.15) is 16.4 Å². The minimum absolute atomic E-state index is 0.131. The van der Waals surface area contributed by atoms with Crippen LogP contribution < -0.4 is 15.0 Å². The first-order chi connectivity index (χ1) is 13.4. The first kappa shape index (κ1) is 19.4. The van der Waals surface area contributed by atoms with Crippen molar-refractivity contribution in [3.05, 3.63) is 83.9 Å². The first-order valence-corrected chi connectivity index (χ1v) is 9.66. The van der Waals surface area contributed by atoms with Crippen LogP contribution in [0.4, 0.5) is 5.69 Å². The maximum atomic E-state index is 13.1. The van der Waals surface area contributed by atoms with Gasteiger partial charge in [0.05, 0.1) is 18.4 Å². The van der Waals surface area contributed by atoms with Crippen molar-refractivity contribution < 1.29 is 23.1 Å². The third-order valence-electron chi connectivity index (χ3n) is 4.11. The lowest BCUT2D eigenvalue weighted by atomic mass is 10.0. The number of nitrogens with two attached hydrogens (primary N) is 1. The van der Waals surface area contributed by atoms with Gasteiger partial charge in [0.25, 0.3) is 10.0 Å². The Kier molecular flexibility index (Phi) is 5.34. The number of rotatable bonds is 6. The largest absolute Gasteiger partial charge is 0.507 e. The van der Waals surface area contributed by atoms with Crippen LogP contribution in [0.15, 0.2) is 77.7 Å². The van der Waals surface area contributed by atoms with E-state index in [1.54, 1.807) is 48.5 Å². The van der Waals surface area contributed by atoms with Crippen LogP contribution in [0.3, 0.4) is 0 Å². The maximum Gasteiger partial charge on any atom is 0.281 e. The number of sulfonamides is 1. The minimum atomic E-state index is -4.27. The molecule has 0 bridgehead atoms. The fraction of sp³-hybridized carbons (Fsp3) is 0.0500. The van der Waals surface area contributed by atoms with Gasteiger partial charge in [-0.3, -0.25) is 4.79 Å². The van der Waals surface area contributed by atoms with Crippen LogP contribution in [0.25, 0.3) is 0 Å². The highest BCUT2D eigenvalue weighted by atomic mass is 32.2. The van der Waals surface area contributed by atoms with E-state index in [1.807, 2.05) is 0 Å². The van der Waals surface area contributed by atoms with Crippen LogP contribution in [0.5, 0.6) is 11.5 Å². The third-order valence-corrected chi connectivity index (χ3v) is 5.71. The van der Waals surface area contributed by atoms with Crippen LogP contribution in [0.2, 0.25) is 0 Å². The van der Waals surface area contributed by atoms with E-state index in [4.69, 9.17) is 10.6 Å². The van der Waals surface area contributed by atoms with Gasteiger partial charge < -0.3 is 9.84 Å². The molecule has 0 saturated carbocycles. The smallest absolute Gasteiger partial charge is 0.281 e. The summed E-state index contributed by atoms with van der Waals surface area (Å²) in [6, 6.07) is 18.4. The molecule has 0 spiro atoms. The zero-order chi connectivity index (χ0) is 20.3. The second-order valence-electron chi connectivity index (χ2n) is 5.85. The number of ketones is 1. The lowest BCUT2D eigenvalue weighted by molar-refractivity contribution is 0.103. The normalized spacial score (nSPS) is 11.1. The van der Waals surface area contributed by atoms with Gasteiger partial charge in [0.15, 0.2) is 5.78 Å². The molecule has 0 atom stereocenters. The molecule has 0 fully saturated rings. The van der Waals surface area contributed by atoms with Crippen molar-refractivity contribution in [2.45, 2.75) is 4.90 Å². The number of methoxy groups -OCH3 is 1. The van der Waals surface area contributed by atoms with Gasteiger partial charge in [-0.25, -0.2) is 10.3 Å². The Morgan fingerprint density at radius 1 is 1.00 bits per heavy atom. The number of carbonyl (C=O) groups excluding carboxylic acids is 1. The monoisotopic (exact) mass is 398 g/mol. The predicted octanol–water partition coefficient (Wildman–Crippen LogP) is 2.70. The first-order valence-electron chi connectivity index (χ1n) is 8.22. The van der Waals surface area contributed by atoms with Gasteiger partial charge in [0.2, 0.25) is 0 Å². The highest BCUT2D eigenvalue weighted by Gasteiger charge is 2.29. The number of phenolic OH excluding ortho intramolecular Hbond substituents is 1. The van der Waals surface area contributed by atoms with E-state index in [2.05, 4.69) is 0 Å². The van der Waals surface area contributed by atoms with Crippen molar-refractivity contribution in [3.8, 4) is 11.5 Å². The summed E-state index contributed by atoms with van der Waals surface area (Å²) in [5, 5.41) is 10.3. The fourth-order valence-electron chi connectivity index (χ4n) is 2.66. The van der Waals surface area contributed by atoms with E-state index in [0.29, 0.717) is 9.98 Å². The Hall–Kier alpha value is -3.36. The lowest BCUT2D eigenvalue weighted by Gasteiger charge is -2.21. The van der Waals surface area contributed by atoms with Crippen molar-refractivity contribution >= 4 is 21.5 Å². The van der Waals surface area contributed by atoms with E-state index in [9.17, 15) is 18.3 Å². The predicted molar refractivity (Wildman–Crippen MR) is 105 cm³/mol. The van der Waals surface area contributed by atoms with Gasteiger partial charge >= 0.3 is 0 Å². The molecular weight excluding hydrogens is 380 g/mol. The summed E-state index contributed by atoms with van der Waals surface area (Å²) in [7, 11) is -3.01. The van der Waals surface area contributed by atoms with Crippen molar-refractivity contribution in [1.29, 1.82) is 0 Å². The quantitative estimate of drug-likeness (QED) is 0.375. The molecule has 0 amide bonds. The molecule has 0 aliphatic rings. The Bertz CT molecular complexity index is 1100. The number of anilines is 1. The summed E-state index contributed by atoms with van der Waals surface area (Å²) in [4.78, 5) is 12.4. The molecule has 28 heavy (non-hydrogen) atoms. The Morgan fingerprint density at radius 3 is 2.14 bits per heavy atom. The average molecular weight is 398 g/mol. The number of hydrogen-bond donors (Lipinski definition) is 2. The number of hydrogen-bond acceptors (Lipinski definition) is 6. The number of carbonyl (C=O) groups is 1. The van der Waals surface area contributed by atoms with Gasteiger partial charge in [-0.05, 0) is 18.2 Å². The summed E-state index contributed by atoms with van der Waals surface area (Å²) < 4.78 is 31.8. The lowest BCUT2D eigenvalue weighted by Crippen LogP contribution is -2.37. The van der Waals surface area contributed by atoms with Crippen LogP contribution in [-0.4, -0.2) is 26.4 Å². The fourth-order valence-corrected chi connectivity index (χ4v) is 3.93. The highest BCUT2D eigenvalue weighted by molar-refractivity contribution is 7.92. The minimum Gasteiger partial charge on any atom is -0.507 e.